The van der Waals surface area contributed by atoms with E-state index in [1.165, 1.54) is 31.4 Å². The summed E-state index contributed by atoms with van der Waals surface area (Å²) in [6, 6.07) is 7.93. The van der Waals surface area contributed by atoms with Crippen molar-refractivity contribution in [1.82, 2.24) is 0 Å². The van der Waals surface area contributed by atoms with Crippen LogP contribution in [-0.4, -0.2) is 36.5 Å². The molecule has 0 unspecified atom stereocenters. The van der Waals surface area contributed by atoms with Crippen molar-refractivity contribution in [2.24, 2.45) is 0 Å². The van der Waals surface area contributed by atoms with Gasteiger partial charge in [0.1, 0.15) is 4.92 Å². The van der Waals surface area contributed by atoms with Gasteiger partial charge in [-0.25, -0.2) is 9.59 Å². The Hall–Kier alpha value is -3.69. The minimum Gasteiger partial charge on any atom is -0.465 e. The lowest BCUT2D eigenvalue weighted by Crippen LogP contribution is -2.20. The summed E-state index contributed by atoms with van der Waals surface area (Å²) in [6.07, 6.45) is 0. The lowest BCUT2D eigenvalue weighted by Gasteiger charge is -2.06. The highest BCUT2D eigenvalue weighted by Gasteiger charge is 2.19. The van der Waals surface area contributed by atoms with Gasteiger partial charge < -0.3 is 19.2 Å². The van der Waals surface area contributed by atoms with Gasteiger partial charge in [0.15, 0.2) is 6.61 Å². The average molecular weight is 348 g/mol. The molecule has 2 rings (SSSR count). The zero-order valence-electron chi connectivity index (χ0n) is 12.9. The predicted molar refractivity (Wildman–Crippen MR) is 82.1 cm³/mol. The van der Waals surface area contributed by atoms with Crippen LogP contribution in [0, 0.1) is 10.1 Å². The van der Waals surface area contributed by atoms with Crippen molar-refractivity contribution in [3.05, 3.63) is 57.8 Å². The number of ether oxygens (including phenoxy) is 2. The van der Waals surface area contributed by atoms with Gasteiger partial charge in [0, 0.05) is 5.69 Å². The van der Waals surface area contributed by atoms with Crippen LogP contribution in [0.5, 0.6) is 0 Å². The molecule has 1 aromatic heterocycles. The van der Waals surface area contributed by atoms with Crippen LogP contribution in [0.1, 0.15) is 20.9 Å². The summed E-state index contributed by atoms with van der Waals surface area (Å²) < 4.78 is 13.9. The van der Waals surface area contributed by atoms with E-state index in [0.717, 1.165) is 12.1 Å². The fourth-order valence-corrected chi connectivity index (χ4v) is 1.74. The van der Waals surface area contributed by atoms with Crippen LogP contribution in [0.4, 0.5) is 11.6 Å². The summed E-state index contributed by atoms with van der Waals surface area (Å²) in [5.74, 6) is -3.16. The molecule has 1 heterocycles. The molecule has 10 heteroatoms. The first-order valence-electron chi connectivity index (χ1n) is 6.80. The zero-order valence-corrected chi connectivity index (χ0v) is 12.9. The third-order valence-electron chi connectivity index (χ3n) is 2.90. The van der Waals surface area contributed by atoms with E-state index in [-0.39, 0.29) is 5.76 Å². The fourth-order valence-electron chi connectivity index (χ4n) is 1.74. The number of anilines is 1. The molecule has 0 fully saturated rings. The molecule has 1 amide bonds. The summed E-state index contributed by atoms with van der Waals surface area (Å²) >= 11 is 0. The summed E-state index contributed by atoms with van der Waals surface area (Å²) in [7, 11) is 1.25. The summed E-state index contributed by atoms with van der Waals surface area (Å²) in [4.78, 5) is 44.3. The molecule has 0 aliphatic heterocycles. The fraction of sp³-hybridized carbons (Fsp3) is 0.133. The van der Waals surface area contributed by atoms with Gasteiger partial charge in [-0.2, -0.15) is 0 Å². The molecule has 0 aliphatic rings. The van der Waals surface area contributed by atoms with Crippen molar-refractivity contribution in [1.29, 1.82) is 0 Å². The Morgan fingerprint density at radius 3 is 2.36 bits per heavy atom. The first-order valence-corrected chi connectivity index (χ1v) is 6.80. The Morgan fingerprint density at radius 2 is 1.80 bits per heavy atom. The van der Waals surface area contributed by atoms with Gasteiger partial charge in [-0.05, 0) is 30.3 Å². The summed E-state index contributed by atoms with van der Waals surface area (Å²) in [6.45, 7) is -0.619. The Bertz CT molecular complexity index is 809. The van der Waals surface area contributed by atoms with Crippen molar-refractivity contribution in [3.8, 4) is 0 Å². The number of amides is 1. The second-order valence-corrected chi connectivity index (χ2v) is 4.59. The molecule has 2 aromatic rings. The molecular formula is C15H12N2O8. The van der Waals surface area contributed by atoms with E-state index < -0.39 is 35.3 Å². The first-order chi connectivity index (χ1) is 11.9. The van der Waals surface area contributed by atoms with E-state index in [1.54, 1.807) is 0 Å². The van der Waals surface area contributed by atoms with E-state index >= 15 is 0 Å². The summed E-state index contributed by atoms with van der Waals surface area (Å²) in [5.41, 5.74) is 0.689. The molecular weight excluding hydrogens is 336 g/mol. The molecule has 0 spiro atoms. The van der Waals surface area contributed by atoms with Crippen molar-refractivity contribution in [2.75, 3.05) is 19.0 Å². The van der Waals surface area contributed by atoms with Gasteiger partial charge in [0.25, 0.3) is 5.91 Å². The molecule has 1 N–H and O–H groups in total. The van der Waals surface area contributed by atoms with Crippen LogP contribution < -0.4 is 5.32 Å². The maximum atomic E-state index is 11.7. The van der Waals surface area contributed by atoms with E-state index in [1.807, 2.05) is 0 Å². The molecule has 10 nitrogen and oxygen atoms in total. The van der Waals surface area contributed by atoms with Crippen LogP contribution in [0.15, 0.2) is 40.8 Å². The second kappa shape index (κ2) is 7.73. The molecule has 25 heavy (non-hydrogen) atoms. The number of methoxy groups -OCH3 is 1. The highest BCUT2D eigenvalue weighted by atomic mass is 16.7. The van der Waals surface area contributed by atoms with Crippen LogP contribution in [0.3, 0.4) is 0 Å². The number of furan rings is 1. The number of esters is 2. The quantitative estimate of drug-likeness (QED) is 0.473. The largest absolute Gasteiger partial charge is 0.465 e. The number of nitrogens with zero attached hydrogens (tertiary/aromatic N) is 1. The number of rotatable bonds is 6. The van der Waals surface area contributed by atoms with Gasteiger partial charge in [0.2, 0.25) is 5.76 Å². The second-order valence-electron chi connectivity index (χ2n) is 4.59. The number of nitro groups is 1. The van der Waals surface area contributed by atoms with Crippen LogP contribution in [-0.2, 0) is 14.3 Å². The van der Waals surface area contributed by atoms with Gasteiger partial charge in [-0.3, -0.25) is 14.9 Å². The van der Waals surface area contributed by atoms with Gasteiger partial charge in [-0.1, -0.05) is 0 Å². The number of hydrogen-bond donors (Lipinski definition) is 1. The third kappa shape index (κ3) is 4.64. The number of hydrogen-bond acceptors (Lipinski definition) is 8. The summed E-state index contributed by atoms with van der Waals surface area (Å²) in [5, 5.41) is 12.9. The van der Waals surface area contributed by atoms with Crippen LogP contribution in [0.2, 0.25) is 0 Å². The van der Waals surface area contributed by atoms with E-state index in [4.69, 9.17) is 4.74 Å². The average Bonchev–Trinajstić information content (AvgIpc) is 3.10. The topological polar surface area (TPSA) is 138 Å². The monoisotopic (exact) mass is 348 g/mol. The van der Waals surface area contributed by atoms with Gasteiger partial charge in [-0.15, -0.1) is 0 Å². The molecule has 130 valence electrons. The van der Waals surface area contributed by atoms with E-state index in [0.29, 0.717) is 11.3 Å². The maximum Gasteiger partial charge on any atom is 0.433 e. The highest BCUT2D eigenvalue weighted by molar-refractivity contribution is 5.95. The molecule has 0 aliphatic carbocycles. The molecule has 0 atom stereocenters. The number of carbonyl (C=O) groups is 3. The van der Waals surface area contributed by atoms with E-state index in [2.05, 4.69) is 14.5 Å². The SMILES string of the molecule is COC(=O)c1ccc(NC(=O)COC(=O)c2ccc([N+](=O)[O-])o2)cc1. The Labute approximate surface area is 140 Å². The number of nitrogens with one attached hydrogen (secondary N) is 1. The maximum absolute atomic E-state index is 11.7. The Balaban J connectivity index is 1.86. The van der Waals surface area contributed by atoms with Crippen molar-refractivity contribution >= 4 is 29.4 Å². The molecule has 0 radical (unpaired) electrons. The molecule has 0 saturated heterocycles. The minimum absolute atomic E-state index is 0.311. The van der Waals surface area contributed by atoms with Crippen molar-refractivity contribution in [2.45, 2.75) is 0 Å². The molecule has 0 saturated carbocycles. The highest BCUT2D eigenvalue weighted by Crippen LogP contribution is 2.16. The zero-order chi connectivity index (χ0) is 18.4. The standard InChI is InChI=1S/C15H12N2O8/c1-23-14(19)9-2-4-10(5-3-9)16-12(18)8-24-15(20)11-6-7-13(25-11)17(21)22/h2-7H,8H2,1H3,(H,16,18). The number of carbonyl (C=O) groups excluding carboxylic acids is 3. The van der Waals surface area contributed by atoms with Crippen molar-refractivity contribution in [3.63, 3.8) is 0 Å². The number of benzene rings is 1. The first kappa shape index (κ1) is 17.7. The normalized spacial score (nSPS) is 9.96. The van der Waals surface area contributed by atoms with E-state index in [9.17, 15) is 24.5 Å². The predicted octanol–water partition coefficient (Wildman–Crippen LogP) is 1.77. The molecule has 1 aromatic carbocycles. The van der Waals surface area contributed by atoms with Crippen molar-refractivity contribution < 1.29 is 33.2 Å². The minimum atomic E-state index is -1.01. The van der Waals surface area contributed by atoms with Gasteiger partial charge >= 0.3 is 17.8 Å². The molecule has 0 bridgehead atoms. The van der Waals surface area contributed by atoms with Crippen LogP contribution >= 0.6 is 0 Å². The van der Waals surface area contributed by atoms with Crippen LogP contribution in [0.25, 0.3) is 0 Å². The lowest BCUT2D eigenvalue weighted by atomic mass is 10.2. The Morgan fingerprint density at radius 1 is 1.12 bits per heavy atom. The van der Waals surface area contributed by atoms with Gasteiger partial charge in [0.05, 0.1) is 18.7 Å². The third-order valence-corrected chi connectivity index (χ3v) is 2.90. The Kier molecular flexibility index (Phi) is 5.46. The lowest BCUT2D eigenvalue weighted by molar-refractivity contribution is -0.402. The smallest absolute Gasteiger partial charge is 0.433 e.